The number of carboxylic acid groups (broad SMARTS) is 2. The lowest BCUT2D eigenvalue weighted by atomic mass is 10.0. The second kappa shape index (κ2) is 25.2. The summed E-state index contributed by atoms with van der Waals surface area (Å²) in [6.45, 7) is -0.700. The Morgan fingerprint density at radius 2 is 0.909 bits per heavy atom. The minimum atomic E-state index is -1.41. The van der Waals surface area contributed by atoms with Crippen LogP contribution in [0.3, 0.4) is 0 Å². The number of halogens is 8. The number of hydrogen-bond donors (Lipinski definition) is 2. The van der Waals surface area contributed by atoms with E-state index in [-0.39, 0.29) is 143 Å². The lowest BCUT2D eigenvalue weighted by molar-refractivity contribution is 0.0686. The van der Waals surface area contributed by atoms with Gasteiger partial charge >= 0.3 is 11.9 Å². The number of nitriles is 2. The maximum Gasteiger partial charge on any atom is 0.335 e. The van der Waals surface area contributed by atoms with E-state index in [1.165, 1.54) is 106 Å². The van der Waals surface area contributed by atoms with Gasteiger partial charge in [0.05, 0.1) is 106 Å². The molecule has 2 saturated heterocycles. The van der Waals surface area contributed by atoms with Crippen molar-refractivity contribution < 1.29 is 73.9 Å². The minimum Gasteiger partial charge on any atom is -0.478 e. The SMILES string of the molecule is N#Cc1ccc(COc2cccc(-c3cc(F)c(Cc4nc5ccc(C(=O)O)cc5n4[C@@H]4COC[C@H]4F)cc3F)n2)c(F)c1.N#Cc1ccc(COc2cccc(-c3cc(F)c(Cc4nc5ccc(C(=O)O)cc5n4[C@@H]4COC[C@H]4F)cc3F)n2)c(F)c1. The number of carbonyl (C=O) groups is 2. The molecule has 88 heavy (non-hydrogen) atoms. The standard InChI is InChI=1S/2C32H22F4N4O4/c2*33-22-8-17(13-37)4-5-19(22)14-44-31-3-1-2-26(39-31)21-12-23(34)20(9-24(21)35)11-30-38-27-7-6-18(32(41)42)10-28(27)40(30)29-16-43-15-25(29)36/h2*1-10,12,25,29H,11,14-16H2,(H,41,42)/t2*25-,29-/m11/s1. The highest BCUT2D eigenvalue weighted by Gasteiger charge is 2.35. The molecule has 0 unspecified atom stereocenters. The zero-order chi connectivity index (χ0) is 61.9. The summed E-state index contributed by atoms with van der Waals surface area (Å²) < 4.78 is 145. The topological polar surface area (TPSA) is 221 Å². The molecule has 6 aromatic carbocycles. The van der Waals surface area contributed by atoms with Crippen LogP contribution in [0.4, 0.5) is 35.1 Å². The predicted octanol–water partition coefficient (Wildman–Crippen LogP) is 12.3. The van der Waals surface area contributed by atoms with E-state index in [1.807, 2.05) is 12.1 Å². The molecule has 0 bridgehead atoms. The van der Waals surface area contributed by atoms with E-state index >= 15 is 17.6 Å². The zero-order valence-corrected chi connectivity index (χ0v) is 45.6. The van der Waals surface area contributed by atoms with Crippen LogP contribution in [-0.2, 0) is 35.5 Å². The van der Waals surface area contributed by atoms with E-state index in [4.69, 9.17) is 29.5 Å². The third kappa shape index (κ3) is 12.4. The van der Waals surface area contributed by atoms with Crippen LogP contribution in [0.1, 0.15) is 77.8 Å². The average molecular weight is 1210 g/mol. The monoisotopic (exact) mass is 1200 g/mol. The molecule has 4 atom stereocenters. The van der Waals surface area contributed by atoms with Crippen molar-refractivity contribution >= 4 is 34.0 Å². The molecular formula is C64H44F8N8O8. The molecule has 10 aromatic rings. The lowest BCUT2D eigenvalue weighted by Crippen LogP contribution is -2.21. The third-order valence-corrected chi connectivity index (χ3v) is 14.7. The maximum atomic E-state index is 15.5. The number of aromatic nitrogens is 6. The number of hydrogen-bond acceptors (Lipinski definition) is 12. The van der Waals surface area contributed by atoms with Gasteiger partial charge in [-0.1, -0.05) is 24.3 Å². The van der Waals surface area contributed by atoms with Gasteiger partial charge in [-0.3, -0.25) is 0 Å². The first-order chi connectivity index (χ1) is 42.4. The van der Waals surface area contributed by atoms with Gasteiger partial charge in [0.25, 0.3) is 0 Å². The average Bonchev–Trinajstić information content (AvgIpc) is 3.26. The normalized spacial score (nSPS) is 16.2. The highest BCUT2D eigenvalue weighted by Crippen LogP contribution is 2.35. The Labute approximate surface area is 493 Å². The van der Waals surface area contributed by atoms with Gasteiger partial charge in [0.2, 0.25) is 11.8 Å². The summed E-state index contributed by atoms with van der Waals surface area (Å²) in [4.78, 5) is 40.6. The first-order valence-corrected chi connectivity index (χ1v) is 26.9. The number of imidazole rings is 2. The van der Waals surface area contributed by atoms with E-state index in [2.05, 4.69) is 19.9 Å². The number of aromatic carboxylic acids is 2. The van der Waals surface area contributed by atoms with Crippen LogP contribution in [0, 0.1) is 57.6 Å². The molecule has 2 aliphatic heterocycles. The molecule has 0 saturated carbocycles. The Morgan fingerprint density at radius 1 is 0.500 bits per heavy atom. The molecule has 2 aliphatic rings. The predicted molar refractivity (Wildman–Crippen MR) is 299 cm³/mol. The number of pyridine rings is 2. The van der Waals surface area contributed by atoms with E-state index in [0.717, 1.165) is 36.4 Å². The van der Waals surface area contributed by atoms with Gasteiger partial charge < -0.3 is 38.3 Å². The number of carboxylic acids is 2. The van der Waals surface area contributed by atoms with Crippen LogP contribution >= 0.6 is 0 Å². The lowest BCUT2D eigenvalue weighted by Gasteiger charge is -2.18. The van der Waals surface area contributed by atoms with Gasteiger partial charge in [-0.2, -0.15) is 10.5 Å². The van der Waals surface area contributed by atoms with Gasteiger partial charge in [0, 0.05) is 47.2 Å². The van der Waals surface area contributed by atoms with Crippen molar-refractivity contribution in [2.75, 3.05) is 26.4 Å². The van der Waals surface area contributed by atoms with Crippen molar-refractivity contribution in [3.05, 3.63) is 225 Å². The van der Waals surface area contributed by atoms with Crippen molar-refractivity contribution in [2.24, 2.45) is 0 Å². The van der Waals surface area contributed by atoms with Crippen LogP contribution in [-0.4, -0.2) is 90.0 Å². The summed E-state index contributed by atoms with van der Waals surface area (Å²) >= 11 is 0. The van der Waals surface area contributed by atoms with E-state index < -0.39 is 71.3 Å². The second-order valence-corrected chi connectivity index (χ2v) is 20.4. The molecule has 2 N–H and O–H groups in total. The number of alkyl halides is 2. The van der Waals surface area contributed by atoms with Gasteiger partial charge in [0.1, 0.15) is 72.1 Å². The molecule has 444 valence electrons. The number of benzene rings is 6. The summed E-state index contributed by atoms with van der Waals surface area (Å²) in [5.41, 5.74) is 1.83. The molecule has 16 nitrogen and oxygen atoms in total. The highest BCUT2D eigenvalue weighted by atomic mass is 19.2. The van der Waals surface area contributed by atoms with Crippen molar-refractivity contribution in [3.63, 3.8) is 0 Å². The van der Waals surface area contributed by atoms with Gasteiger partial charge in [-0.25, -0.2) is 64.6 Å². The molecule has 6 heterocycles. The van der Waals surface area contributed by atoms with Crippen molar-refractivity contribution in [1.82, 2.24) is 29.1 Å². The number of nitrogens with zero attached hydrogens (tertiary/aromatic N) is 8. The zero-order valence-electron chi connectivity index (χ0n) is 45.6. The Morgan fingerprint density at radius 3 is 1.27 bits per heavy atom. The molecule has 2 fully saturated rings. The summed E-state index contributed by atoms with van der Waals surface area (Å²) in [5.74, 6) is -6.16. The first-order valence-electron chi connectivity index (χ1n) is 26.9. The number of rotatable bonds is 16. The van der Waals surface area contributed by atoms with Crippen LogP contribution in [0.2, 0.25) is 0 Å². The smallest absolute Gasteiger partial charge is 0.335 e. The largest absolute Gasteiger partial charge is 0.478 e. The summed E-state index contributed by atoms with van der Waals surface area (Å²) in [6, 6.07) is 31.4. The fraction of sp³-hybridized carbons (Fsp3) is 0.188. The first kappa shape index (κ1) is 59.2. The summed E-state index contributed by atoms with van der Waals surface area (Å²) in [7, 11) is 0. The van der Waals surface area contributed by atoms with Gasteiger partial charge in [0.15, 0.2) is 0 Å². The van der Waals surface area contributed by atoms with E-state index in [9.17, 15) is 37.4 Å². The van der Waals surface area contributed by atoms with Crippen LogP contribution in [0.15, 0.2) is 133 Å². The van der Waals surface area contributed by atoms with Gasteiger partial charge in [-0.05, 0) is 108 Å². The summed E-state index contributed by atoms with van der Waals surface area (Å²) in [6.07, 6.45) is -3.23. The molecular weight excluding hydrogens is 1160 g/mol. The molecule has 0 aliphatic carbocycles. The number of ether oxygens (including phenoxy) is 4. The summed E-state index contributed by atoms with van der Waals surface area (Å²) in [5, 5.41) is 36.7. The molecule has 24 heteroatoms. The third-order valence-electron chi connectivity index (χ3n) is 14.7. The highest BCUT2D eigenvalue weighted by molar-refractivity contribution is 5.93. The van der Waals surface area contributed by atoms with Gasteiger partial charge in [-0.15, -0.1) is 0 Å². The Hall–Kier alpha value is -10.6. The fourth-order valence-electron chi connectivity index (χ4n) is 10.3. The Kier molecular flexibility index (Phi) is 16.9. The second-order valence-electron chi connectivity index (χ2n) is 20.4. The minimum absolute atomic E-state index is 0.00854. The maximum absolute atomic E-state index is 15.5. The van der Waals surface area contributed by atoms with Crippen LogP contribution in [0.5, 0.6) is 11.8 Å². The number of fused-ring (bicyclic) bond motifs is 2. The molecule has 0 spiro atoms. The van der Waals surface area contributed by atoms with Crippen molar-refractivity contribution in [1.29, 1.82) is 10.5 Å². The molecule has 0 radical (unpaired) electrons. The van der Waals surface area contributed by atoms with E-state index in [1.54, 1.807) is 0 Å². The Bertz CT molecular complexity index is 4190. The molecule has 12 rings (SSSR count). The van der Waals surface area contributed by atoms with Crippen LogP contribution in [0.25, 0.3) is 44.6 Å². The van der Waals surface area contributed by atoms with E-state index in [0.29, 0.717) is 22.1 Å². The molecule has 4 aromatic heterocycles. The van der Waals surface area contributed by atoms with Crippen molar-refractivity contribution in [2.45, 2.75) is 50.5 Å². The quantitative estimate of drug-likeness (QED) is 0.0860. The van der Waals surface area contributed by atoms with Crippen molar-refractivity contribution in [3.8, 4) is 46.4 Å². The molecule has 0 amide bonds. The fourth-order valence-corrected chi connectivity index (χ4v) is 10.3. The van der Waals surface area contributed by atoms with Crippen LogP contribution < -0.4 is 9.47 Å². The Balaban J connectivity index is 0.000000182.